The third kappa shape index (κ3) is 3.17. The van der Waals surface area contributed by atoms with Crippen molar-refractivity contribution in [3.63, 3.8) is 0 Å². The quantitative estimate of drug-likeness (QED) is 0.778. The number of likely N-dealkylation sites (N-methyl/N-ethyl adjacent to an activating group) is 1. The molecule has 1 fully saturated rings. The van der Waals surface area contributed by atoms with Gasteiger partial charge in [0, 0.05) is 47.5 Å². The number of aromatic amines is 1. The van der Waals surface area contributed by atoms with Gasteiger partial charge in [-0.05, 0) is 19.2 Å². The zero-order valence-corrected chi connectivity index (χ0v) is 15.8. The van der Waals surface area contributed by atoms with Gasteiger partial charge in [0.1, 0.15) is 29.1 Å². The average Bonchev–Trinajstić information content (AvgIpc) is 2.62. The van der Waals surface area contributed by atoms with E-state index >= 15 is 0 Å². The summed E-state index contributed by atoms with van der Waals surface area (Å²) < 4.78 is 0.880. The molecule has 0 bridgehead atoms. The summed E-state index contributed by atoms with van der Waals surface area (Å²) in [4.78, 5) is 19.0. The van der Waals surface area contributed by atoms with Crippen LogP contribution in [0.15, 0.2) is 27.5 Å². The Labute approximate surface area is 159 Å². The van der Waals surface area contributed by atoms with Gasteiger partial charge < -0.3 is 20.5 Å². The zero-order valence-electron chi connectivity index (χ0n) is 14.2. The molecule has 1 aliphatic rings. The molecule has 3 N–H and O–H groups in total. The van der Waals surface area contributed by atoms with Gasteiger partial charge in [-0.1, -0.05) is 22.0 Å². The molecule has 1 aromatic heterocycles. The first-order chi connectivity index (χ1) is 12.5. The van der Waals surface area contributed by atoms with Crippen LogP contribution in [0.5, 0.6) is 0 Å². The van der Waals surface area contributed by atoms with E-state index in [9.17, 15) is 15.3 Å². The minimum atomic E-state index is -0.591. The van der Waals surface area contributed by atoms with Gasteiger partial charge in [0.2, 0.25) is 0 Å². The number of nitrogens with zero attached hydrogens (tertiary/aromatic N) is 4. The lowest BCUT2D eigenvalue weighted by molar-refractivity contribution is 0.313. The van der Waals surface area contributed by atoms with Crippen molar-refractivity contribution >= 4 is 27.4 Å². The number of benzene rings is 1. The predicted octanol–water partition coefficient (Wildman–Crippen LogP) is 1.88. The number of H-pyrrole nitrogens is 1. The maximum atomic E-state index is 12.2. The number of nitriles is 2. The Hall–Kier alpha value is -2.81. The number of nitrogen functional groups attached to an aromatic ring is 1. The number of piperazine rings is 1. The summed E-state index contributed by atoms with van der Waals surface area (Å²) in [6, 6.07) is 9.54. The van der Waals surface area contributed by atoms with Crippen molar-refractivity contribution in [3.05, 3.63) is 44.2 Å². The summed E-state index contributed by atoms with van der Waals surface area (Å²) in [5, 5.41) is 19.1. The summed E-state index contributed by atoms with van der Waals surface area (Å²) >= 11 is 3.49. The summed E-state index contributed by atoms with van der Waals surface area (Å²) in [7, 11) is 2.07. The second-order valence-corrected chi connectivity index (χ2v) is 7.08. The van der Waals surface area contributed by atoms with E-state index in [0.29, 0.717) is 5.56 Å². The van der Waals surface area contributed by atoms with Crippen molar-refractivity contribution in [2.45, 2.75) is 0 Å². The van der Waals surface area contributed by atoms with Crippen LogP contribution in [0.3, 0.4) is 0 Å². The first kappa shape index (κ1) is 18.0. The fourth-order valence-electron chi connectivity index (χ4n) is 3.14. The number of anilines is 2. The molecule has 0 atom stereocenters. The molecule has 132 valence electrons. The van der Waals surface area contributed by atoms with E-state index in [-0.39, 0.29) is 22.5 Å². The Morgan fingerprint density at radius 1 is 1.15 bits per heavy atom. The molecule has 2 aromatic rings. The van der Waals surface area contributed by atoms with E-state index < -0.39 is 5.56 Å². The highest BCUT2D eigenvalue weighted by Gasteiger charge is 2.24. The van der Waals surface area contributed by atoms with Crippen LogP contribution in [0, 0.1) is 22.7 Å². The Bertz CT molecular complexity index is 992. The van der Waals surface area contributed by atoms with E-state index in [4.69, 9.17) is 5.73 Å². The molecule has 8 heteroatoms. The number of nitrogens with two attached hydrogens (primary N) is 1. The molecule has 0 spiro atoms. The molecular formula is C18H17BrN6O. The average molecular weight is 413 g/mol. The van der Waals surface area contributed by atoms with Crippen LogP contribution in [0.4, 0.5) is 11.5 Å². The predicted molar refractivity (Wildman–Crippen MR) is 104 cm³/mol. The van der Waals surface area contributed by atoms with Crippen molar-refractivity contribution in [2.24, 2.45) is 0 Å². The second kappa shape index (κ2) is 7.20. The minimum absolute atomic E-state index is 0.0289. The first-order valence-corrected chi connectivity index (χ1v) is 8.85. The van der Waals surface area contributed by atoms with Crippen LogP contribution in [0.25, 0.3) is 11.1 Å². The van der Waals surface area contributed by atoms with E-state index in [1.54, 1.807) is 0 Å². The summed E-state index contributed by atoms with van der Waals surface area (Å²) in [6.07, 6.45) is 0. The van der Waals surface area contributed by atoms with Gasteiger partial charge in [-0.3, -0.25) is 4.79 Å². The molecule has 2 heterocycles. The minimum Gasteiger partial charge on any atom is -0.384 e. The maximum Gasteiger partial charge on any atom is 0.268 e. The summed E-state index contributed by atoms with van der Waals surface area (Å²) in [5.74, 6) is -0.0289. The fraction of sp³-hybridized carbons (Fsp3) is 0.278. The Morgan fingerprint density at radius 2 is 1.81 bits per heavy atom. The number of aromatic nitrogens is 1. The molecule has 1 aromatic carbocycles. The lowest BCUT2D eigenvalue weighted by Crippen LogP contribution is -2.44. The van der Waals surface area contributed by atoms with Crippen LogP contribution >= 0.6 is 15.9 Å². The molecule has 7 nitrogen and oxygen atoms in total. The van der Waals surface area contributed by atoms with Crippen molar-refractivity contribution in [1.29, 1.82) is 10.5 Å². The molecule has 26 heavy (non-hydrogen) atoms. The molecule has 0 unspecified atom stereocenters. The van der Waals surface area contributed by atoms with Gasteiger partial charge in [-0.25, -0.2) is 0 Å². The van der Waals surface area contributed by atoms with Crippen molar-refractivity contribution in [1.82, 2.24) is 9.88 Å². The Kier molecular flexibility index (Phi) is 4.99. The number of hydrogen-bond donors (Lipinski definition) is 2. The zero-order chi connectivity index (χ0) is 18.8. The number of hydrogen-bond acceptors (Lipinski definition) is 6. The molecule has 0 saturated carbocycles. The van der Waals surface area contributed by atoms with Gasteiger partial charge in [0.25, 0.3) is 5.56 Å². The standard InChI is InChI=1S/C18H17BrN6O/c1-24-4-6-25(7-5-24)15-8-11(19)2-3-12(15)16-13(9-20)17(22)23-18(26)14(16)10-21/h2-3,8H,4-7H2,1H3,(H3,22,23,26). The van der Waals surface area contributed by atoms with Gasteiger partial charge in [-0.2, -0.15) is 10.5 Å². The summed E-state index contributed by atoms with van der Waals surface area (Å²) in [6.45, 7) is 3.42. The highest BCUT2D eigenvalue weighted by atomic mass is 79.9. The van der Waals surface area contributed by atoms with Gasteiger partial charge in [0.05, 0.1) is 0 Å². The van der Waals surface area contributed by atoms with Gasteiger partial charge >= 0.3 is 0 Å². The lowest BCUT2D eigenvalue weighted by atomic mass is 9.94. The normalized spacial score (nSPS) is 14.7. The van der Waals surface area contributed by atoms with Crippen molar-refractivity contribution < 1.29 is 0 Å². The SMILES string of the molecule is CN1CCN(c2cc(Br)ccc2-c2c(C#N)c(N)[nH]c(=O)c2C#N)CC1. The van der Waals surface area contributed by atoms with E-state index in [1.807, 2.05) is 30.3 Å². The maximum absolute atomic E-state index is 12.2. The molecule has 0 aliphatic carbocycles. The highest BCUT2D eigenvalue weighted by molar-refractivity contribution is 9.10. The second-order valence-electron chi connectivity index (χ2n) is 6.17. The monoisotopic (exact) mass is 412 g/mol. The molecular weight excluding hydrogens is 396 g/mol. The smallest absolute Gasteiger partial charge is 0.268 e. The molecule has 3 rings (SSSR count). The van der Waals surface area contributed by atoms with Gasteiger partial charge in [0.15, 0.2) is 0 Å². The van der Waals surface area contributed by atoms with Crippen LogP contribution in [-0.2, 0) is 0 Å². The lowest BCUT2D eigenvalue weighted by Gasteiger charge is -2.35. The first-order valence-electron chi connectivity index (χ1n) is 8.05. The summed E-state index contributed by atoms with van der Waals surface area (Å²) in [5.41, 5.74) is 7.08. The van der Waals surface area contributed by atoms with E-state index in [2.05, 4.69) is 37.8 Å². The number of rotatable bonds is 2. The van der Waals surface area contributed by atoms with Crippen LogP contribution < -0.4 is 16.2 Å². The fourth-order valence-corrected chi connectivity index (χ4v) is 3.49. The molecule has 0 amide bonds. The third-order valence-electron chi connectivity index (χ3n) is 4.54. The molecule has 1 saturated heterocycles. The largest absolute Gasteiger partial charge is 0.384 e. The molecule has 0 radical (unpaired) electrons. The number of pyridine rings is 1. The Balaban J connectivity index is 2.28. The number of nitrogens with one attached hydrogen (secondary N) is 1. The highest BCUT2D eigenvalue weighted by Crippen LogP contribution is 2.37. The molecule has 1 aliphatic heterocycles. The van der Waals surface area contributed by atoms with Crippen LogP contribution in [0.1, 0.15) is 11.1 Å². The van der Waals surface area contributed by atoms with Gasteiger partial charge in [-0.15, -0.1) is 0 Å². The Morgan fingerprint density at radius 3 is 2.42 bits per heavy atom. The van der Waals surface area contributed by atoms with E-state index in [1.165, 1.54) is 0 Å². The van der Waals surface area contributed by atoms with Crippen LogP contribution in [-0.4, -0.2) is 43.1 Å². The topological polar surface area (TPSA) is 113 Å². The van der Waals surface area contributed by atoms with Crippen molar-refractivity contribution in [2.75, 3.05) is 43.9 Å². The van der Waals surface area contributed by atoms with E-state index in [0.717, 1.165) is 36.3 Å². The van der Waals surface area contributed by atoms with Crippen LogP contribution in [0.2, 0.25) is 0 Å². The van der Waals surface area contributed by atoms with Crippen molar-refractivity contribution in [3.8, 4) is 23.3 Å². The third-order valence-corrected chi connectivity index (χ3v) is 5.03. The number of halogens is 1.